The first-order valence-corrected chi connectivity index (χ1v) is 6.99. The molecule has 0 aliphatic carbocycles. The molecule has 3 aromatic rings. The van der Waals surface area contributed by atoms with Crippen molar-refractivity contribution in [1.29, 1.82) is 0 Å². The highest BCUT2D eigenvalue weighted by Crippen LogP contribution is 2.28. The molecule has 1 aromatic heterocycles. The Morgan fingerprint density at radius 3 is 2.22 bits per heavy atom. The lowest BCUT2D eigenvalue weighted by molar-refractivity contribution is 0.395. The van der Waals surface area contributed by atoms with Crippen molar-refractivity contribution in [2.45, 2.75) is 0 Å². The Bertz CT molecular complexity index is 778. The monoisotopic (exact) mass is 313 g/mol. The van der Waals surface area contributed by atoms with Crippen LogP contribution in [0.15, 0.2) is 48.5 Å². The predicted molar refractivity (Wildman–Crippen MR) is 86.8 cm³/mol. The number of nitrogens with one attached hydrogen (secondary N) is 2. The van der Waals surface area contributed by atoms with E-state index in [4.69, 9.17) is 9.47 Å². The van der Waals surface area contributed by atoms with Crippen molar-refractivity contribution in [2.75, 3.05) is 19.5 Å². The molecule has 0 atom stereocenters. The average Bonchev–Trinajstić information content (AvgIpc) is 3.03. The molecule has 0 unspecified atom stereocenters. The van der Waals surface area contributed by atoms with Crippen molar-refractivity contribution in [1.82, 2.24) is 10.2 Å². The molecule has 5 nitrogen and oxygen atoms in total. The zero-order valence-electron chi connectivity index (χ0n) is 12.8. The highest BCUT2D eigenvalue weighted by atomic mass is 19.1. The second kappa shape index (κ2) is 6.39. The van der Waals surface area contributed by atoms with Crippen LogP contribution < -0.4 is 14.8 Å². The van der Waals surface area contributed by atoms with Gasteiger partial charge in [-0.3, -0.25) is 5.10 Å². The standard InChI is InChI=1S/C17H16FN3O2/c1-22-14-7-13(8-15(9-14)23-2)19-17-10-16(20-21-17)11-3-5-12(18)6-4-11/h3-10H,1-2H3,(H2,19,20,21). The molecule has 118 valence electrons. The largest absolute Gasteiger partial charge is 0.497 e. The van der Waals surface area contributed by atoms with Gasteiger partial charge in [0.05, 0.1) is 19.9 Å². The number of halogens is 1. The molecule has 23 heavy (non-hydrogen) atoms. The Balaban J connectivity index is 1.83. The number of anilines is 2. The Hall–Kier alpha value is -3.02. The van der Waals surface area contributed by atoms with E-state index in [2.05, 4.69) is 15.5 Å². The van der Waals surface area contributed by atoms with Crippen molar-refractivity contribution >= 4 is 11.5 Å². The molecule has 3 rings (SSSR count). The highest BCUT2D eigenvalue weighted by Gasteiger charge is 2.06. The molecule has 0 aliphatic heterocycles. The number of nitrogens with zero attached hydrogens (tertiary/aromatic N) is 1. The molecular formula is C17H16FN3O2. The van der Waals surface area contributed by atoms with Crippen LogP contribution in [-0.2, 0) is 0 Å². The van der Waals surface area contributed by atoms with Crippen LogP contribution >= 0.6 is 0 Å². The average molecular weight is 313 g/mol. The van der Waals surface area contributed by atoms with Crippen molar-refractivity contribution in [3.05, 3.63) is 54.3 Å². The smallest absolute Gasteiger partial charge is 0.152 e. The molecule has 0 bridgehead atoms. The molecule has 0 amide bonds. The molecule has 0 aliphatic rings. The van der Waals surface area contributed by atoms with Crippen molar-refractivity contribution in [3.63, 3.8) is 0 Å². The fourth-order valence-electron chi connectivity index (χ4n) is 2.19. The summed E-state index contributed by atoms with van der Waals surface area (Å²) < 4.78 is 23.5. The second-order valence-corrected chi connectivity index (χ2v) is 4.90. The van der Waals surface area contributed by atoms with E-state index >= 15 is 0 Å². The predicted octanol–water partition coefficient (Wildman–Crippen LogP) is 3.98. The molecule has 0 radical (unpaired) electrons. The number of hydrogen-bond donors (Lipinski definition) is 2. The number of aromatic nitrogens is 2. The minimum absolute atomic E-state index is 0.268. The maximum absolute atomic E-state index is 13.0. The third-order valence-corrected chi connectivity index (χ3v) is 3.36. The van der Waals surface area contributed by atoms with Crippen LogP contribution in [0, 0.1) is 5.82 Å². The summed E-state index contributed by atoms with van der Waals surface area (Å²) in [5.74, 6) is 1.73. The second-order valence-electron chi connectivity index (χ2n) is 4.90. The summed E-state index contributed by atoms with van der Waals surface area (Å²) in [5.41, 5.74) is 2.44. The minimum atomic E-state index is -0.268. The van der Waals surface area contributed by atoms with Gasteiger partial charge in [-0.05, 0) is 29.8 Å². The van der Waals surface area contributed by atoms with E-state index in [1.165, 1.54) is 12.1 Å². The molecular weight excluding hydrogens is 297 g/mol. The van der Waals surface area contributed by atoms with Crippen LogP contribution in [0.2, 0.25) is 0 Å². The Morgan fingerprint density at radius 2 is 1.61 bits per heavy atom. The fraction of sp³-hybridized carbons (Fsp3) is 0.118. The van der Waals surface area contributed by atoms with Gasteiger partial charge in [-0.15, -0.1) is 0 Å². The summed E-state index contributed by atoms with van der Waals surface area (Å²) >= 11 is 0. The van der Waals surface area contributed by atoms with Crippen LogP contribution in [0.1, 0.15) is 0 Å². The van der Waals surface area contributed by atoms with Gasteiger partial charge in [0.2, 0.25) is 0 Å². The maximum Gasteiger partial charge on any atom is 0.152 e. The van der Waals surface area contributed by atoms with E-state index in [9.17, 15) is 4.39 Å². The van der Waals surface area contributed by atoms with E-state index in [0.717, 1.165) is 16.9 Å². The molecule has 1 heterocycles. The molecule has 0 saturated carbocycles. The van der Waals surface area contributed by atoms with Gasteiger partial charge in [0.1, 0.15) is 17.3 Å². The van der Waals surface area contributed by atoms with Gasteiger partial charge in [-0.2, -0.15) is 5.10 Å². The van der Waals surface area contributed by atoms with Crippen LogP contribution in [-0.4, -0.2) is 24.4 Å². The first-order chi connectivity index (χ1) is 11.2. The van der Waals surface area contributed by atoms with E-state index in [0.29, 0.717) is 17.3 Å². The lowest BCUT2D eigenvalue weighted by Crippen LogP contribution is -1.93. The first kappa shape index (κ1) is 14.9. The summed E-state index contributed by atoms with van der Waals surface area (Å²) in [6, 6.07) is 13.5. The quantitative estimate of drug-likeness (QED) is 0.748. The van der Waals surface area contributed by atoms with Crippen LogP contribution in [0.3, 0.4) is 0 Å². The lowest BCUT2D eigenvalue weighted by atomic mass is 10.1. The minimum Gasteiger partial charge on any atom is -0.497 e. The fourth-order valence-corrected chi connectivity index (χ4v) is 2.19. The summed E-state index contributed by atoms with van der Waals surface area (Å²) in [6.07, 6.45) is 0. The van der Waals surface area contributed by atoms with E-state index in [-0.39, 0.29) is 5.82 Å². The third kappa shape index (κ3) is 3.42. The van der Waals surface area contributed by atoms with Crippen molar-refractivity contribution < 1.29 is 13.9 Å². The molecule has 0 fully saturated rings. The number of aromatic amines is 1. The van der Waals surface area contributed by atoms with Gasteiger partial charge in [0, 0.05) is 30.0 Å². The van der Waals surface area contributed by atoms with Crippen LogP contribution in [0.5, 0.6) is 11.5 Å². The molecule has 0 saturated heterocycles. The van der Waals surface area contributed by atoms with Gasteiger partial charge in [0.15, 0.2) is 5.82 Å². The summed E-state index contributed by atoms with van der Waals surface area (Å²) in [7, 11) is 3.19. The summed E-state index contributed by atoms with van der Waals surface area (Å²) in [6.45, 7) is 0. The Labute approximate surface area is 133 Å². The van der Waals surface area contributed by atoms with Crippen molar-refractivity contribution in [2.24, 2.45) is 0 Å². The van der Waals surface area contributed by atoms with Gasteiger partial charge in [-0.1, -0.05) is 0 Å². The third-order valence-electron chi connectivity index (χ3n) is 3.36. The number of ether oxygens (including phenoxy) is 2. The van der Waals surface area contributed by atoms with Gasteiger partial charge in [0.25, 0.3) is 0 Å². The maximum atomic E-state index is 13.0. The molecule has 2 aromatic carbocycles. The number of rotatable bonds is 5. The van der Waals surface area contributed by atoms with Crippen LogP contribution in [0.4, 0.5) is 15.9 Å². The normalized spacial score (nSPS) is 10.4. The van der Waals surface area contributed by atoms with Gasteiger partial charge in [-0.25, -0.2) is 4.39 Å². The topological polar surface area (TPSA) is 59.2 Å². The van der Waals surface area contributed by atoms with E-state index < -0.39 is 0 Å². The SMILES string of the molecule is COc1cc(Nc2cc(-c3ccc(F)cc3)[nH]n2)cc(OC)c1. The van der Waals surface area contributed by atoms with Crippen molar-refractivity contribution in [3.8, 4) is 22.8 Å². The first-order valence-electron chi connectivity index (χ1n) is 6.99. The molecule has 6 heteroatoms. The number of methoxy groups -OCH3 is 2. The Morgan fingerprint density at radius 1 is 0.957 bits per heavy atom. The van der Waals surface area contributed by atoms with Gasteiger partial charge < -0.3 is 14.8 Å². The van der Waals surface area contributed by atoms with E-state index in [1.54, 1.807) is 32.4 Å². The van der Waals surface area contributed by atoms with Gasteiger partial charge >= 0.3 is 0 Å². The van der Waals surface area contributed by atoms with E-state index in [1.807, 2.05) is 18.2 Å². The lowest BCUT2D eigenvalue weighted by Gasteiger charge is -2.08. The molecule has 0 spiro atoms. The number of hydrogen-bond acceptors (Lipinski definition) is 4. The number of H-pyrrole nitrogens is 1. The Kier molecular flexibility index (Phi) is 4.14. The zero-order valence-corrected chi connectivity index (χ0v) is 12.8. The van der Waals surface area contributed by atoms with Crippen LogP contribution in [0.25, 0.3) is 11.3 Å². The zero-order chi connectivity index (χ0) is 16.2. The summed E-state index contributed by atoms with van der Waals surface area (Å²) in [5, 5.41) is 10.3. The number of benzene rings is 2. The molecule has 2 N–H and O–H groups in total. The summed E-state index contributed by atoms with van der Waals surface area (Å²) in [4.78, 5) is 0. The highest BCUT2D eigenvalue weighted by molar-refractivity contribution is 5.67.